The Morgan fingerprint density at radius 1 is 1.42 bits per heavy atom. The predicted octanol–water partition coefficient (Wildman–Crippen LogP) is 0.0871. The van der Waals surface area contributed by atoms with Gasteiger partial charge < -0.3 is 24.8 Å². The van der Waals surface area contributed by atoms with Crippen LogP contribution in [0.25, 0.3) is 10.4 Å². The van der Waals surface area contributed by atoms with E-state index in [1.54, 1.807) is 6.08 Å². The second kappa shape index (κ2) is 8.11. The van der Waals surface area contributed by atoms with Gasteiger partial charge in [-0.15, -0.1) is 6.58 Å². The highest BCUT2D eigenvalue weighted by Crippen LogP contribution is 2.24. The van der Waals surface area contributed by atoms with Gasteiger partial charge >= 0.3 is 0 Å². The number of hydrogen-bond donors (Lipinski definition) is 3. The first-order valence-corrected chi connectivity index (χ1v) is 6.04. The minimum Gasteiger partial charge on any atom is -0.394 e. The van der Waals surface area contributed by atoms with Crippen LogP contribution in [0.2, 0.25) is 0 Å². The fourth-order valence-electron chi connectivity index (χ4n) is 1.81. The zero-order valence-electron chi connectivity index (χ0n) is 10.5. The van der Waals surface area contributed by atoms with E-state index in [-0.39, 0.29) is 0 Å². The molecule has 0 aliphatic carbocycles. The van der Waals surface area contributed by atoms with Gasteiger partial charge in [-0.1, -0.05) is 11.2 Å². The molecule has 1 heterocycles. The lowest BCUT2D eigenvalue weighted by atomic mass is 9.98. The number of hydrogen-bond acceptors (Lipinski definition) is 6. The zero-order chi connectivity index (χ0) is 14.3. The van der Waals surface area contributed by atoms with E-state index >= 15 is 0 Å². The molecule has 0 unspecified atom stereocenters. The van der Waals surface area contributed by atoms with Crippen LogP contribution in [-0.4, -0.2) is 59.2 Å². The van der Waals surface area contributed by atoms with Crippen LogP contribution in [-0.2, 0) is 9.47 Å². The van der Waals surface area contributed by atoms with E-state index in [1.807, 2.05) is 0 Å². The molecular weight excluding hydrogens is 254 g/mol. The number of unbranched alkanes of at least 4 members (excludes halogenated alkanes) is 1. The molecule has 0 bridgehead atoms. The van der Waals surface area contributed by atoms with Crippen molar-refractivity contribution in [2.24, 2.45) is 5.11 Å². The fourth-order valence-corrected chi connectivity index (χ4v) is 1.81. The van der Waals surface area contributed by atoms with Crippen molar-refractivity contribution in [2.45, 2.75) is 43.5 Å². The molecule has 1 fully saturated rings. The highest BCUT2D eigenvalue weighted by Gasteiger charge is 2.44. The number of nitrogens with zero attached hydrogens (tertiary/aromatic N) is 3. The molecule has 19 heavy (non-hydrogen) atoms. The molecule has 0 saturated carbocycles. The highest BCUT2D eigenvalue weighted by molar-refractivity contribution is 4.93. The summed E-state index contributed by atoms with van der Waals surface area (Å²) in [7, 11) is 0. The summed E-state index contributed by atoms with van der Waals surface area (Å²) < 4.78 is 10.7. The van der Waals surface area contributed by atoms with Gasteiger partial charge in [0, 0.05) is 4.91 Å². The minimum atomic E-state index is -1.34. The summed E-state index contributed by atoms with van der Waals surface area (Å²) in [6.07, 6.45) is -1.42. The van der Waals surface area contributed by atoms with E-state index in [9.17, 15) is 10.2 Å². The number of allylic oxidation sites excluding steroid dienone is 1. The lowest BCUT2D eigenvalue weighted by Gasteiger charge is -2.40. The standard InChI is InChI=1S/C11H19N3O5/c1-2-3-4-5-18-11-8(13-14-12)10(17)9(16)7(6-15)19-11/h2,7-11,15-17H,1,3-6H2/t7-,8-,9-,10-,11-/m1/s1. The first-order valence-electron chi connectivity index (χ1n) is 6.04. The van der Waals surface area contributed by atoms with Gasteiger partial charge in [0.05, 0.1) is 19.3 Å². The Labute approximate surface area is 110 Å². The minimum absolute atomic E-state index is 0.328. The second-order valence-corrected chi connectivity index (χ2v) is 4.20. The molecule has 1 aliphatic heterocycles. The van der Waals surface area contributed by atoms with Crippen LogP contribution in [0, 0.1) is 0 Å². The van der Waals surface area contributed by atoms with Gasteiger partial charge in [-0.25, -0.2) is 0 Å². The van der Waals surface area contributed by atoms with E-state index in [0.717, 1.165) is 6.42 Å². The van der Waals surface area contributed by atoms with Crippen molar-refractivity contribution in [3.8, 4) is 0 Å². The molecule has 0 radical (unpaired) electrons. The molecule has 108 valence electrons. The Morgan fingerprint density at radius 3 is 2.74 bits per heavy atom. The Morgan fingerprint density at radius 2 is 2.16 bits per heavy atom. The predicted molar refractivity (Wildman–Crippen MR) is 66.1 cm³/mol. The van der Waals surface area contributed by atoms with E-state index < -0.39 is 37.3 Å². The maximum absolute atomic E-state index is 9.84. The average Bonchev–Trinajstić information content (AvgIpc) is 2.42. The highest BCUT2D eigenvalue weighted by atomic mass is 16.7. The van der Waals surface area contributed by atoms with Crippen molar-refractivity contribution >= 4 is 0 Å². The second-order valence-electron chi connectivity index (χ2n) is 4.20. The lowest BCUT2D eigenvalue weighted by Crippen LogP contribution is -2.58. The van der Waals surface area contributed by atoms with Gasteiger partial charge in [-0.2, -0.15) is 0 Å². The van der Waals surface area contributed by atoms with Gasteiger partial charge in [0.1, 0.15) is 18.2 Å². The van der Waals surface area contributed by atoms with Crippen LogP contribution in [0.3, 0.4) is 0 Å². The van der Waals surface area contributed by atoms with Crippen molar-refractivity contribution in [2.75, 3.05) is 13.2 Å². The van der Waals surface area contributed by atoms with Crippen molar-refractivity contribution in [1.82, 2.24) is 0 Å². The van der Waals surface area contributed by atoms with Gasteiger partial charge in [0.15, 0.2) is 6.29 Å². The summed E-state index contributed by atoms with van der Waals surface area (Å²) in [4.78, 5) is 2.60. The number of aliphatic hydroxyl groups excluding tert-OH is 3. The summed E-state index contributed by atoms with van der Waals surface area (Å²) in [6, 6.07) is -1.05. The molecule has 0 aromatic carbocycles. The lowest BCUT2D eigenvalue weighted by molar-refractivity contribution is -0.265. The molecule has 0 aromatic rings. The third-order valence-electron chi connectivity index (χ3n) is 2.87. The van der Waals surface area contributed by atoms with E-state index in [2.05, 4.69) is 16.6 Å². The smallest absolute Gasteiger partial charge is 0.169 e. The van der Waals surface area contributed by atoms with Gasteiger partial charge in [0.25, 0.3) is 0 Å². The molecule has 5 atom stereocenters. The largest absolute Gasteiger partial charge is 0.394 e. The molecular formula is C11H19N3O5. The summed E-state index contributed by atoms with van der Waals surface area (Å²) >= 11 is 0. The topological polar surface area (TPSA) is 128 Å². The normalized spacial score (nSPS) is 34.6. The van der Waals surface area contributed by atoms with Crippen LogP contribution in [0.1, 0.15) is 12.8 Å². The third-order valence-corrected chi connectivity index (χ3v) is 2.87. The summed E-state index contributed by atoms with van der Waals surface area (Å²) in [5.41, 5.74) is 8.46. The fraction of sp³-hybridized carbons (Fsp3) is 0.818. The van der Waals surface area contributed by atoms with Gasteiger partial charge in [-0.05, 0) is 18.4 Å². The molecule has 0 aromatic heterocycles. The molecule has 0 spiro atoms. The van der Waals surface area contributed by atoms with E-state index in [1.165, 1.54) is 0 Å². The maximum atomic E-state index is 9.84. The third kappa shape index (κ3) is 4.17. The van der Waals surface area contributed by atoms with Gasteiger partial charge in [-0.3, -0.25) is 0 Å². The number of ether oxygens (including phenoxy) is 2. The Hall–Kier alpha value is -1.15. The van der Waals surface area contributed by atoms with Crippen LogP contribution < -0.4 is 0 Å². The summed E-state index contributed by atoms with van der Waals surface area (Å²) in [6.45, 7) is 3.44. The summed E-state index contributed by atoms with van der Waals surface area (Å²) in [5.74, 6) is 0. The van der Waals surface area contributed by atoms with Crippen molar-refractivity contribution < 1.29 is 24.8 Å². The number of rotatable bonds is 7. The maximum Gasteiger partial charge on any atom is 0.169 e. The van der Waals surface area contributed by atoms with E-state index in [0.29, 0.717) is 13.0 Å². The molecule has 1 aliphatic rings. The summed E-state index contributed by atoms with van der Waals surface area (Å²) in [5, 5.41) is 32.0. The Kier molecular flexibility index (Phi) is 6.79. The Bertz CT molecular complexity index is 334. The molecule has 3 N–H and O–H groups in total. The molecule has 0 amide bonds. The van der Waals surface area contributed by atoms with Crippen molar-refractivity contribution in [1.29, 1.82) is 0 Å². The number of azide groups is 1. The molecule has 8 nitrogen and oxygen atoms in total. The monoisotopic (exact) mass is 273 g/mol. The quantitative estimate of drug-likeness (QED) is 0.199. The Balaban J connectivity index is 2.66. The molecule has 1 saturated heterocycles. The first-order chi connectivity index (χ1) is 9.15. The molecule has 1 rings (SSSR count). The van der Waals surface area contributed by atoms with Crippen LogP contribution in [0.5, 0.6) is 0 Å². The number of aliphatic hydroxyl groups is 3. The average molecular weight is 273 g/mol. The van der Waals surface area contributed by atoms with Crippen LogP contribution in [0.15, 0.2) is 17.8 Å². The molecule has 8 heteroatoms. The SMILES string of the molecule is C=CCCCO[C@@H]1O[C@H](CO)[C@@H](O)[C@H](O)[C@H]1N=[N+]=[N-]. The van der Waals surface area contributed by atoms with Crippen LogP contribution in [0.4, 0.5) is 0 Å². The van der Waals surface area contributed by atoms with Crippen molar-refractivity contribution in [3.63, 3.8) is 0 Å². The first kappa shape index (κ1) is 15.9. The van der Waals surface area contributed by atoms with Crippen molar-refractivity contribution in [3.05, 3.63) is 23.1 Å². The van der Waals surface area contributed by atoms with E-state index in [4.69, 9.17) is 20.1 Å². The van der Waals surface area contributed by atoms with Gasteiger partial charge in [0.2, 0.25) is 0 Å². The zero-order valence-corrected chi connectivity index (χ0v) is 10.5. The van der Waals surface area contributed by atoms with Crippen LogP contribution >= 0.6 is 0 Å².